The number of rotatable bonds is 4. The second-order valence-electron chi connectivity index (χ2n) is 5.22. The van der Waals surface area contributed by atoms with Gasteiger partial charge in [-0.25, -0.2) is 0 Å². The molecule has 0 atom stereocenters. The molecule has 2 rings (SSSR count). The predicted molar refractivity (Wildman–Crippen MR) is 91.1 cm³/mol. The summed E-state index contributed by atoms with van der Waals surface area (Å²) in [6.45, 7) is 3.86. The number of nitrogens with zero attached hydrogens (tertiary/aromatic N) is 1. The molecule has 0 aliphatic rings. The Kier molecular flexibility index (Phi) is 5.16. The van der Waals surface area contributed by atoms with Gasteiger partial charge in [0.15, 0.2) is 0 Å². The number of carbonyl (C=O) groups is 1. The fourth-order valence-electron chi connectivity index (χ4n) is 2.08. The highest BCUT2D eigenvalue weighted by molar-refractivity contribution is 6.10. The van der Waals surface area contributed by atoms with Crippen molar-refractivity contribution in [2.24, 2.45) is 0 Å². The van der Waals surface area contributed by atoms with Crippen molar-refractivity contribution in [1.29, 1.82) is 5.26 Å². The van der Waals surface area contributed by atoms with E-state index in [1.54, 1.807) is 37.5 Å². The molecule has 0 spiro atoms. The van der Waals surface area contributed by atoms with Gasteiger partial charge in [0.25, 0.3) is 5.91 Å². The Bertz CT molecular complexity index is 784. The van der Waals surface area contributed by atoms with Gasteiger partial charge in [0.05, 0.1) is 7.11 Å². The number of ether oxygens (including phenoxy) is 1. The van der Waals surface area contributed by atoms with Crippen LogP contribution in [0.25, 0.3) is 6.08 Å². The molecule has 2 aromatic rings. The Hall–Kier alpha value is -3.06. The molecule has 0 saturated heterocycles. The Balaban J connectivity index is 2.22. The summed E-state index contributed by atoms with van der Waals surface area (Å²) in [6, 6.07) is 14.9. The molecule has 0 bridgehead atoms. The van der Waals surface area contributed by atoms with Crippen molar-refractivity contribution >= 4 is 17.7 Å². The van der Waals surface area contributed by atoms with Crippen LogP contribution in [0, 0.1) is 25.2 Å². The molecule has 0 radical (unpaired) electrons. The first-order valence-corrected chi connectivity index (χ1v) is 7.18. The first-order chi connectivity index (χ1) is 11.0. The minimum absolute atomic E-state index is 0.0519. The molecule has 0 fully saturated rings. The number of methoxy groups -OCH3 is 1. The molecule has 23 heavy (non-hydrogen) atoms. The van der Waals surface area contributed by atoms with Gasteiger partial charge in [-0.2, -0.15) is 5.26 Å². The van der Waals surface area contributed by atoms with Crippen LogP contribution in [0.1, 0.15) is 16.7 Å². The van der Waals surface area contributed by atoms with Crippen LogP contribution in [-0.4, -0.2) is 13.0 Å². The quantitative estimate of drug-likeness (QED) is 0.689. The van der Waals surface area contributed by atoms with E-state index in [0.717, 1.165) is 22.4 Å². The molecule has 0 heterocycles. The smallest absolute Gasteiger partial charge is 0.266 e. The van der Waals surface area contributed by atoms with E-state index in [-0.39, 0.29) is 5.57 Å². The van der Waals surface area contributed by atoms with Gasteiger partial charge in [-0.1, -0.05) is 24.3 Å². The number of carbonyl (C=O) groups excluding carboxylic acids is 1. The van der Waals surface area contributed by atoms with Crippen molar-refractivity contribution in [1.82, 2.24) is 0 Å². The standard InChI is InChI=1S/C19H18N2O2/c1-13-4-5-14(2)18(10-13)21-19(22)16(12-20)11-15-6-8-17(23-3)9-7-15/h4-11H,1-3H3,(H,21,22)/b16-11-. The van der Waals surface area contributed by atoms with Crippen LogP contribution < -0.4 is 10.1 Å². The lowest BCUT2D eigenvalue weighted by atomic mass is 10.1. The zero-order valence-corrected chi connectivity index (χ0v) is 13.4. The second kappa shape index (κ2) is 7.28. The third-order valence-electron chi connectivity index (χ3n) is 3.43. The summed E-state index contributed by atoms with van der Waals surface area (Å²) in [5.74, 6) is 0.303. The molecule has 4 heteroatoms. The number of benzene rings is 2. The van der Waals surface area contributed by atoms with Crippen molar-refractivity contribution < 1.29 is 9.53 Å². The zero-order valence-electron chi connectivity index (χ0n) is 13.4. The molecule has 2 aromatic carbocycles. The largest absolute Gasteiger partial charge is 0.497 e. The Morgan fingerprint density at radius 1 is 1.17 bits per heavy atom. The van der Waals surface area contributed by atoms with Crippen LogP contribution in [0.4, 0.5) is 5.69 Å². The summed E-state index contributed by atoms with van der Waals surface area (Å²) < 4.78 is 5.09. The topological polar surface area (TPSA) is 62.1 Å². The van der Waals surface area contributed by atoms with Crippen LogP contribution in [0.3, 0.4) is 0 Å². The molecule has 0 unspecified atom stereocenters. The first kappa shape index (κ1) is 16.3. The summed E-state index contributed by atoms with van der Waals surface area (Å²) in [5.41, 5.74) is 3.52. The fourth-order valence-corrected chi connectivity index (χ4v) is 2.08. The van der Waals surface area contributed by atoms with E-state index >= 15 is 0 Å². The van der Waals surface area contributed by atoms with Crippen molar-refractivity contribution in [3.8, 4) is 11.8 Å². The van der Waals surface area contributed by atoms with Gasteiger partial charge >= 0.3 is 0 Å². The maximum Gasteiger partial charge on any atom is 0.266 e. The van der Waals surface area contributed by atoms with Gasteiger partial charge in [0.2, 0.25) is 0 Å². The van der Waals surface area contributed by atoms with Gasteiger partial charge < -0.3 is 10.1 Å². The average Bonchev–Trinajstić information content (AvgIpc) is 2.56. The van der Waals surface area contributed by atoms with Crippen LogP contribution >= 0.6 is 0 Å². The Labute approximate surface area is 136 Å². The maximum atomic E-state index is 12.3. The fraction of sp³-hybridized carbons (Fsp3) is 0.158. The number of aryl methyl sites for hydroxylation is 2. The summed E-state index contributed by atoms with van der Waals surface area (Å²) in [7, 11) is 1.59. The number of amides is 1. The third kappa shape index (κ3) is 4.21. The Morgan fingerprint density at radius 3 is 2.48 bits per heavy atom. The molecule has 1 N–H and O–H groups in total. The van der Waals surface area contributed by atoms with Crippen LogP contribution in [0.2, 0.25) is 0 Å². The monoisotopic (exact) mass is 306 g/mol. The van der Waals surface area contributed by atoms with Gasteiger partial charge in [-0.3, -0.25) is 4.79 Å². The summed E-state index contributed by atoms with van der Waals surface area (Å²) >= 11 is 0. The molecular weight excluding hydrogens is 288 g/mol. The SMILES string of the molecule is COc1ccc(/C=C(/C#N)C(=O)Nc2cc(C)ccc2C)cc1. The van der Waals surface area contributed by atoms with E-state index in [0.29, 0.717) is 5.69 Å². The highest BCUT2D eigenvalue weighted by atomic mass is 16.5. The van der Waals surface area contributed by atoms with Gasteiger partial charge in [-0.15, -0.1) is 0 Å². The lowest BCUT2D eigenvalue weighted by Crippen LogP contribution is -2.14. The van der Waals surface area contributed by atoms with E-state index in [2.05, 4.69) is 5.32 Å². The molecule has 0 saturated carbocycles. The first-order valence-electron chi connectivity index (χ1n) is 7.18. The van der Waals surface area contributed by atoms with Gasteiger partial charge in [0, 0.05) is 5.69 Å². The van der Waals surface area contributed by atoms with Gasteiger partial charge in [0.1, 0.15) is 17.4 Å². The molecular formula is C19H18N2O2. The maximum absolute atomic E-state index is 12.3. The zero-order chi connectivity index (χ0) is 16.8. The second-order valence-corrected chi connectivity index (χ2v) is 5.22. The molecule has 0 aromatic heterocycles. The van der Waals surface area contributed by atoms with E-state index in [4.69, 9.17) is 4.74 Å². The molecule has 0 aliphatic carbocycles. The van der Waals surface area contributed by atoms with Gasteiger partial charge in [-0.05, 0) is 54.8 Å². The highest BCUT2D eigenvalue weighted by Gasteiger charge is 2.11. The number of hydrogen-bond acceptors (Lipinski definition) is 3. The van der Waals surface area contributed by atoms with E-state index < -0.39 is 5.91 Å². The number of nitriles is 1. The summed E-state index contributed by atoms with van der Waals surface area (Å²) in [6.07, 6.45) is 1.56. The molecule has 4 nitrogen and oxygen atoms in total. The summed E-state index contributed by atoms with van der Waals surface area (Å²) in [4.78, 5) is 12.3. The average molecular weight is 306 g/mol. The minimum Gasteiger partial charge on any atom is -0.497 e. The molecule has 1 amide bonds. The van der Waals surface area contributed by atoms with Crippen LogP contribution in [0.5, 0.6) is 5.75 Å². The lowest BCUT2D eigenvalue weighted by molar-refractivity contribution is -0.112. The van der Waals surface area contributed by atoms with Crippen LogP contribution in [0.15, 0.2) is 48.0 Å². The minimum atomic E-state index is -0.419. The molecule has 0 aliphatic heterocycles. The van der Waals surface area contributed by atoms with Crippen LogP contribution in [-0.2, 0) is 4.79 Å². The number of anilines is 1. The lowest BCUT2D eigenvalue weighted by Gasteiger charge is -2.09. The number of nitrogens with one attached hydrogen (secondary N) is 1. The van der Waals surface area contributed by atoms with Crippen molar-refractivity contribution in [2.75, 3.05) is 12.4 Å². The van der Waals surface area contributed by atoms with E-state index in [9.17, 15) is 10.1 Å². The predicted octanol–water partition coefficient (Wildman–Crippen LogP) is 3.86. The Morgan fingerprint density at radius 2 is 1.87 bits per heavy atom. The van der Waals surface area contributed by atoms with E-state index in [1.165, 1.54) is 0 Å². The summed E-state index contributed by atoms with van der Waals surface area (Å²) in [5, 5.41) is 12.0. The highest BCUT2D eigenvalue weighted by Crippen LogP contribution is 2.18. The molecule has 116 valence electrons. The van der Waals surface area contributed by atoms with Crippen molar-refractivity contribution in [3.05, 3.63) is 64.7 Å². The third-order valence-corrected chi connectivity index (χ3v) is 3.43. The van der Waals surface area contributed by atoms with Crippen molar-refractivity contribution in [3.63, 3.8) is 0 Å². The van der Waals surface area contributed by atoms with E-state index in [1.807, 2.05) is 38.1 Å². The normalized spacial score (nSPS) is 10.8. The number of hydrogen-bond donors (Lipinski definition) is 1. The van der Waals surface area contributed by atoms with Crippen molar-refractivity contribution in [2.45, 2.75) is 13.8 Å².